The van der Waals surface area contributed by atoms with Crippen LogP contribution in [0.4, 0.5) is 5.69 Å². The number of benzene rings is 2. The number of anilines is 1. The summed E-state index contributed by atoms with van der Waals surface area (Å²) in [6, 6.07) is 15.9. The standard InChI is InChI=1S/C26H25ClN2O2S2/c1-14-2-10-19(11-3-14)28-20(30)13-29-25-24(33-26(29)31)21(15-6-8-18(27)9-7-15)22-16-4-5-17(12-16)23(22)32-25/h2-3,6-11,16-17,21-23H,4-5,12-13H2,1H3,(H,28,30)/t16-,17+,21-,22+,23+/m1/s1. The van der Waals surface area contributed by atoms with E-state index in [4.69, 9.17) is 11.6 Å². The predicted octanol–water partition coefficient (Wildman–Crippen LogP) is 6.16. The minimum absolute atomic E-state index is 0.0437. The Bertz CT molecular complexity index is 1260. The highest BCUT2D eigenvalue weighted by Gasteiger charge is 2.55. The molecule has 2 fully saturated rings. The Morgan fingerprint density at radius 3 is 2.58 bits per heavy atom. The molecule has 5 atom stereocenters. The Hall–Kier alpha value is -2.02. The number of hydrogen-bond donors (Lipinski definition) is 1. The van der Waals surface area contributed by atoms with Crippen molar-refractivity contribution in [1.29, 1.82) is 0 Å². The van der Waals surface area contributed by atoms with Gasteiger partial charge in [-0.25, -0.2) is 0 Å². The molecule has 0 saturated heterocycles. The maximum Gasteiger partial charge on any atom is 0.308 e. The van der Waals surface area contributed by atoms with E-state index in [-0.39, 0.29) is 23.2 Å². The first-order valence-electron chi connectivity index (χ1n) is 11.5. The summed E-state index contributed by atoms with van der Waals surface area (Å²) >= 11 is 9.37. The van der Waals surface area contributed by atoms with Gasteiger partial charge in [-0.2, -0.15) is 0 Å². The maximum atomic E-state index is 13.1. The lowest BCUT2D eigenvalue weighted by Gasteiger charge is -2.40. The zero-order chi connectivity index (χ0) is 22.7. The first-order chi connectivity index (χ1) is 16.0. The molecule has 7 heteroatoms. The molecule has 4 nitrogen and oxygen atoms in total. The van der Waals surface area contributed by atoms with E-state index < -0.39 is 0 Å². The molecule has 0 spiro atoms. The number of hydrogen-bond acceptors (Lipinski definition) is 4. The van der Waals surface area contributed by atoms with E-state index in [1.54, 1.807) is 4.57 Å². The fourth-order valence-corrected chi connectivity index (χ4v) is 9.39. The quantitative estimate of drug-likeness (QED) is 0.470. The summed E-state index contributed by atoms with van der Waals surface area (Å²) in [4.78, 5) is 27.1. The van der Waals surface area contributed by atoms with Crippen molar-refractivity contribution in [1.82, 2.24) is 4.57 Å². The van der Waals surface area contributed by atoms with Crippen molar-refractivity contribution in [2.45, 2.75) is 48.9 Å². The van der Waals surface area contributed by atoms with Gasteiger partial charge in [-0.05, 0) is 73.8 Å². The van der Waals surface area contributed by atoms with Gasteiger partial charge in [0.05, 0.1) is 5.03 Å². The van der Waals surface area contributed by atoms with Crippen molar-refractivity contribution in [2.24, 2.45) is 17.8 Å². The Morgan fingerprint density at radius 1 is 1.09 bits per heavy atom. The molecular formula is C26H25ClN2O2S2. The van der Waals surface area contributed by atoms with Crippen molar-refractivity contribution < 1.29 is 4.79 Å². The number of thioether (sulfide) groups is 1. The third-order valence-electron chi connectivity index (χ3n) is 7.56. The van der Waals surface area contributed by atoms with Crippen molar-refractivity contribution >= 4 is 46.3 Å². The second-order valence-corrected chi connectivity index (χ2v) is 12.2. The monoisotopic (exact) mass is 496 g/mol. The number of fused-ring (bicyclic) bond motifs is 6. The summed E-state index contributed by atoms with van der Waals surface area (Å²) in [5, 5.41) is 5.18. The lowest BCUT2D eigenvalue weighted by atomic mass is 9.75. The minimum Gasteiger partial charge on any atom is -0.325 e. The van der Waals surface area contributed by atoms with E-state index in [2.05, 4.69) is 17.4 Å². The SMILES string of the molecule is Cc1ccc(NC(=O)Cn2c3c(sc2=O)[C@H](c2ccc(Cl)cc2)[C@@H]2[C@@H]4CC[C@@H](C4)[C@@H]2S3)cc1. The largest absolute Gasteiger partial charge is 0.325 e. The van der Waals surface area contributed by atoms with Gasteiger partial charge in [0.1, 0.15) is 6.54 Å². The van der Waals surface area contributed by atoms with Crippen molar-refractivity contribution in [3.05, 3.63) is 79.2 Å². The number of aryl methyl sites for hydroxylation is 1. The Morgan fingerprint density at radius 2 is 1.82 bits per heavy atom. The van der Waals surface area contributed by atoms with E-state index in [0.29, 0.717) is 17.1 Å². The number of aromatic nitrogens is 1. The van der Waals surface area contributed by atoms with Crippen LogP contribution in [0.15, 0.2) is 58.4 Å². The van der Waals surface area contributed by atoms with Crippen LogP contribution in [-0.2, 0) is 11.3 Å². The van der Waals surface area contributed by atoms with Gasteiger partial charge in [0.25, 0.3) is 0 Å². The summed E-state index contributed by atoms with van der Waals surface area (Å²) in [6.07, 6.45) is 3.86. The predicted molar refractivity (Wildman–Crippen MR) is 136 cm³/mol. The highest BCUT2D eigenvalue weighted by Crippen LogP contribution is 2.64. The molecule has 1 amide bonds. The first kappa shape index (κ1) is 21.5. The molecule has 1 N–H and O–H groups in total. The number of carbonyl (C=O) groups is 1. The zero-order valence-corrected chi connectivity index (χ0v) is 20.7. The molecule has 2 bridgehead atoms. The molecule has 1 aromatic heterocycles. The molecule has 3 aromatic rings. The lowest BCUT2D eigenvalue weighted by molar-refractivity contribution is -0.116. The van der Waals surface area contributed by atoms with Crippen molar-refractivity contribution in [2.75, 3.05) is 5.32 Å². The molecule has 6 rings (SSSR count). The van der Waals surface area contributed by atoms with Gasteiger partial charge in [-0.1, -0.05) is 52.8 Å². The van der Waals surface area contributed by atoms with Gasteiger partial charge in [0.2, 0.25) is 5.91 Å². The molecule has 0 unspecified atom stereocenters. The minimum atomic E-state index is -0.166. The van der Waals surface area contributed by atoms with Crippen LogP contribution < -0.4 is 10.2 Å². The Balaban J connectivity index is 1.36. The summed E-state index contributed by atoms with van der Waals surface area (Å²) in [7, 11) is 0. The summed E-state index contributed by atoms with van der Waals surface area (Å²) in [5.41, 5.74) is 3.13. The molecule has 2 aromatic carbocycles. The van der Waals surface area contributed by atoms with Crippen LogP contribution in [0.1, 0.15) is 41.2 Å². The van der Waals surface area contributed by atoms with E-state index in [1.807, 2.05) is 55.1 Å². The van der Waals surface area contributed by atoms with Crippen molar-refractivity contribution in [3.8, 4) is 0 Å². The summed E-state index contributed by atoms with van der Waals surface area (Å²) < 4.78 is 1.71. The van der Waals surface area contributed by atoms with Gasteiger partial charge in [0.15, 0.2) is 0 Å². The number of rotatable bonds is 4. The average molecular weight is 497 g/mol. The molecule has 2 heterocycles. The second-order valence-electron chi connectivity index (χ2n) is 9.56. The highest BCUT2D eigenvalue weighted by molar-refractivity contribution is 8.00. The number of nitrogens with zero attached hydrogens (tertiary/aromatic N) is 1. The Labute approximate surface area is 206 Å². The molecule has 33 heavy (non-hydrogen) atoms. The van der Waals surface area contributed by atoms with E-state index in [1.165, 1.54) is 36.2 Å². The average Bonchev–Trinajstić information content (AvgIpc) is 3.49. The molecule has 2 saturated carbocycles. The van der Waals surface area contributed by atoms with E-state index in [0.717, 1.165) is 32.1 Å². The van der Waals surface area contributed by atoms with Crippen LogP contribution in [0.25, 0.3) is 0 Å². The number of carbonyl (C=O) groups excluding carboxylic acids is 1. The summed E-state index contributed by atoms with van der Waals surface area (Å²) in [6.45, 7) is 2.06. The van der Waals surface area contributed by atoms with Gasteiger partial charge < -0.3 is 5.32 Å². The van der Waals surface area contributed by atoms with E-state index in [9.17, 15) is 9.59 Å². The third kappa shape index (κ3) is 3.76. The normalized spacial score (nSPS) is 27.3. The van der Waals surface area contributed by atoms with Gasteiger partial charge >= 0.3 is 4.87 Å². The van der Waals surface area contributed by atoms with Crippen LogP contribution in [0.2, 0.25) is 5.02 Å². The number of thiazole rings is 1. The maximum absolute atomic E-state index is 13.1. The third-order valence-corrected chi connectivity index (χ3v) is 10.6. The van der Waals surface area contributed by atoms with Crippen LogP contribution >= 0.6 is 34.7 Å². The lowest BCUT2D eigenvalue weighted by Crippen LogP contribution is -2.34. The van der Waals surface area contributed by atoms with E-state index >= 15 is 0 Å². The number of amides is 1. The first-order valence-corrected chi connectivity index (χ1v) is 13.6. The molecule has 1 aliphatic heterocycles. The van der Waals surface area contributed by atoms with Crippen LogP contribution in [0, 0.1) is 24.7 Å². The smallest absolute Gasteiger partial charge is 0.308 e. The van der Waals surface area contributed by atoms with Crippen LogP contribution in [-0.4, -0.2) is 15.7 Å². The topological polar surface area (TPSA) is 51.1 Å². The van der Waals surface area contributed by atoms with Gasteiger partial charge in [0, 0.05) is 26.8 Å². The Kier molecular flexibility index (Phi) is 5.43. The van der Waals surface area contributed by atoms with Gasteiger partial charge in [-0.15, -0.1) is 11.8 Å². The molecule has 0 radical (unpaired) electrons. The van der Waals surface area contributed by atoms with Crippen molar-refractivity contribution in [3.63, 3.8) is 0 Å². The fraction of sp³-hybridized carbons (Fsp3) is 0.385. The number of halogens is 1. The van der Waals surface area contributed by atoms with Crippen LogP contribution in [0.5, 0.6) is 0 Å². The fourth-order valence-electron chi connectivity index (χ4n) is 6.11. The second kappa shape index (κ2) is 8.33. The zero-order valence-electron chi connectivity index (χ0n) is 18.3. The molecule has 3 aliphatic rings. The molecule has 170 valence electrons. The number of nitrogens with one attached hydrogen (secondary N) is 1. The molecular weight excluding hydrogens is 472 g/mol. The molecule has 2 aliphatic carbocycles. The van der Waals surface area contributed by atoms with Crippen LogP contribution in [0.3, 0.4) is 0 Å². The summed E-state index contributed by atoms with van der Waals surface area (Å²) in [5.74, 6) is 2.02. The van der Waals surface area contributed by atoms with Gasteiger partial charge in [-0.3, -0.25) is 14.2 Å². The highest BCUT2D eigenvalue weighted by atomic mass is 35.5.